The van der Waals surface area contributed by atoms with Gasteiger partial charge in [0.05, 0.1) is 23.3 Å². The summed E-state index contributed by atoms with van der Waals surface area (Å²) in [6.45, 7) is 1.71. The number of nitrogens with one attached hydrogen (secondary N) is 1. The van der Waals surface area contributed by atoms with E-state index in [1.165, 1.54) is 30.5 Å². The lowest BCUT2D eigenvalue weighted by Gasteiger charge is -2.36. The molecule has 2 atom stereocenters. The number of amides is 1. The maximum atomic E-state index is 14.2. The number of hydrogen-bond acceptors (Lipinski definition) is 8. The second-order valence-electron chi connectivity index (χ2n) is 9.07. The Morgan fingerprint density at radius 2 is 2.05 bits per heavy atom. The van der Waals surface area contributed by atoms with E-state index >= 15 is 0 Å². The number of hydrogen-bond donors (Lipinski definition) is 2. The molecule has 0 bridgehead atoms. The number of allylic oxidation sites excluding steroid dienone is 2. The van der Waals surface area contributed by atoms with Crippen molar-refractivity contribution in [1.29, 1.82) is 0 Å². The van der Waals surface area contributed by atoms with E-state index in [0.29, 0.717) is 30.9 Å². The predicted molar refractivity (Wildman–Crippen MR) is 139 cm³/mol. The van der Waals surface area contributed by atoms with E-state index < -0.39 is 26.6 Å². The highest BCUT2D eigenvalue weighted by Crippen LogP contribution is 2.40. The second kappa shape index (κ2) is 10.3. The van der Waals surface area contributed by atoms with Crippen LogP contribution in [0.15, 0.2) is 66.0 Å². The van der Waals surface area contributed by atoms with Gasteiger partial charge in [0.25, 0.3) is 0 Å². The molecule has 3 aromatic rings. The lowest BCUT2D eigenvalue weighted by atomic mass is 9.96. The minimum absolute atomic E-state index is 0.133. The molecule has 0 spiro atoms. The Morgan fingerprint density at radius 1 is 1.24 bits per heavy atom. The van der Waals surface area contributed by atoms with Crippen LogP contribution in [-0.2, 0) is 19.4 Å². The highest BCUT2D eigenvalue weighted by Gasteiger charge is 2.54. The van der Waals surface area contributed by atoms with E-state index in [0.717, 1.165) is 19.0 Å². The van der Waals surface area contributed by atoms with Gasteiger partial charge in [0.1, 0.15) is 17.3 Å². The van der Waals surface area contributed by atoms with Gasteiger partial charge in [-0.1, -0.05) is 24.1 Å². The van der Waals surface area contributed by atoms with Crippen molar-refractivity contribution in [3.8, 4) is 24.0 Å². The molecule has 11 heteroatoms. The third-order valence-electron chi connectivity index (χ3n) is 6.64. The number of carbonyl (C=O) groups excluding carboxylic acids is 1. The number of aromatic amines is 1. The Labute approximate surface area is 219 Å². The van der Waals surface area contributed by atoms with Crippen molar-refractivity contribution in [2.75, 3.05) is 19.8 Å². The molecule has 3 N–H and O–H groups in total. The summed E-state index contributed by atoms with van der Waals surface area (Å²) < 4.78 is 45.8. The summed E-state index contributed by atoms with van der Waals surface area (Å²) in [5.41, 5.74) is 6.43. The summed E-state index contributed by atoms with van der Waals surface area (Å²) in [5, 5.41) is 0.698. The van der Waals surface area contributed by atoms with E-state index in [1.807, 2.05) is 0 Å². The normalized spacial score (nSPS) is 21.7. The number of aromatic nitrogens is 3. The van der Waals surface area contributed by atoms with Crippen molar-refractivity contribution in [2.24, 2.45) is 17.6 Å². The number of ether oxygens (including phenoxy) is 3. The van der Waals surface area contributed by atoms with Crippen LogP contribution in [0, 0.1) is 24.2 Å². The topological polar surface area (TPSA) is 146 Å². The molecule has 1 fully saturated rings. The van der Waals surface area contributed by atoms with Crippen molar-refractivity contribution in [3.05, 3.63) is 66.7 Å². The molecule has 0 radical (unpaired) electrons. The van der Waals surface area contributed by atoms with E-state index in [1.54, 1.807) is 24.4 Å². The predicted octanol–water partition coefficient (Wildman–Crippen LogP) is 2.52. The maximum absolute atomic E-state index is 14.2. The first-order chi connectivity index (χ1) is 18.3. The molecule has 0 aromatic carbocycles. The van der Waals surface area contributed by atoms with Crippen molar-refractivity contribution in [1.82, 2.24) is 15.0 Å². The van der Waals surface area contributed by atoms with E-state index in [-0.39, 0.29) is 28.0 Å². The van der Waals surface area contributed by atoms with Crippen molar-refractivity contribution in [2.45, 2.75) is 22.7 Å². The molecule has 3 aromatic heterocycles. The van der Waals surface area contributed by atoms with Crippen LogP contribution in [0.25, 0.3) is 11.0 Å². The molecule has 38 heavy (non-hydrogen) atoms. The van der Waals surface area contributed by atoms with Gasteiger partial charge in [0.15, 0.2) is 0 Å². The van der Waals surface area contributed by atoms with Gasteiger partial charge in [-0.25, -0.2) is 18.4 Å². The fourth-order valence-corrected chi connectivity index (χ4v) is 6.38. The number of nitrogens with two attached hydrogens (primary N) is 1. The lowest BCUT2D eigenvalue weighted by Crippen LogP contribution is -2.54. The average molecular weight is 535 g/mol. The van der Waals surface area contributed by atoms with Gasteiger partial charge in [0.2, 0.25) is 26.6 Å². The van der Waals surface area contributed by atoms with Crippen LogP contribution in [0.4, 0.5) is 0 Å². The van der Waals surface area contributed by atoms with Crippen LogP contribution in [0.5, 0.6) is 11.6 Å². The number of sulfone groups is 1. The molecule has 1 aliphatic carbocycles. The molecule has 2 unspecified atom stereocenters. The Bertz CT molecular complexity index is 1570. The number of fused-ring (bicyclic) bond motifs is 1. The van der Waals surface area contributed by atoms with Gasteiger partial charge in [-0.05, 0) is 43.0 Å². The van der Waals surface area contributed by atoms with Crippen molar-refractivity contribution < 1.29 is 27.4 Å². The zero-order valence-corrected chi connectivity index (χ0v) is 21.2. The number of terminal acetylenes is 1. The maximum Gasteiger partial charge on any atom is 0.246 e. The van der Waals surface area contributed by atoms with Crippen LogP contribution in [0.1, 0.15) is 18.4 Å². The molecule has 196 valence electrons. The smallest absolute Gasteiger partial charge is 0.246 e. The molecule has 1 saturated heterocycles. The van der Waals surface area contributed by atoms with Gasteiger partial charge in [-0.2, -0.15) is 0 Å². The summed E-state index contributed by atoms with van der Waals surface area (Å²) in [6.07, 6.45) is 17.3. The van der Waals surface area contributed by atoms with Crippen LogP contribution >= 0.6 is 0 Å². The lowest BCUT2D eigenvalue weighted by molar-refractivity contribution is -0.123. The van der Waals surface area contributed by atoms with Gasteiger partial charge >= 0.3 is 0 Å². The third kappa shape index (κ3) is 4.64. The molecule has 4 heterocycles. The Hall–Kier alpha value is -4.14. The number of H-pyrrole nitrogens is 1. The molecule has 0 saturated carbocycles. The molecule has 2 aliphatic rings. The molecule has 1 amide bonds. The zero-order chi connectivity index (χ0) is 26.8. The van der Waals surface area contributed by atoms with Crippen LogP contribution < -0.4 is 15.2 Å². The number of pyridine rings is 2. The van der Waals surface area contributed by atoms with Crippen molar-refractivity contribution in [3.63, 3.8) is 0 Å². The van der Waals surface area contributed by atoms with Crippen LogP contribution in [0.2, 0.25) is 0 Å². The number of primary amides is 1. The first-order valence-corrected chi connectivity index (χ1v) is 13.5. The number of rotatable bonds is 8. The monoisotopic (exact) mass is 534 g/mol. The zero-order valence-electron chi connectivity index (χ0n) is 20.4. The molecule has 5 rings (SSSR count). The first kappa shape index (κ1) is 25.5. The van der Waals surface area contributed by atoms with Gasteiger partial charge < -0.3 is 24.9 Å². The van der Waals surface area contributed by atoms with Crippen LogP contribution in [0.3, 0.4) is 0 Å². The molecular formula is C27H26N4O6S. The second-order valence-corrected chi connectivity index (χ2v) is 11.2. The largest absolute Gasteiger partial charge is 0.476 e. The standard InChI is InChI=1S/C27H26N4O6S/c1-2-19-14-22(16-31-26(19)36-17-18-7-11-35-12-8-18)38(33,34)27(9-4-3-5-23(27)24(28)32)37-21-13-20-6-10-29-25(20)30-15-21/h1,3-6,9-10,13-16,18,23H,7-8,11-12,17H2,(H2,28,32)(H,29,30). The Morgan fingerprint density at radius 3 is 2.82 bits per heavy atom. The van der Waals surface area contributed by atoms with E-state index in [2.05, 4.69) is 20.9 Å². The van der Waals surface area contributed by atoms with E-state index in [9.17, 15) is 13.2 Å². The SMILES string of the molecule is C#Cc1cc(S(=O)(=O)C2(Oc3cnc4[nH]ccc4c3)C=CC=CC2C(N)=O)cnc1OCC1CCOCC1. The quantitative estimate of drug-likeness (QED) is 0.419. The minimum atomic E-state index is -4.47. The van der Waals surface area contributed by atoms with Gasteiger partial charge in [0, 0.05) is 31.0 Å². The summed E-state index contributed by atoms with van der Waals surface area (Å²) >= 11 is 0. The fourth-order valence-electron chi connectivity index (χ4n) is 4.56. The first-order valence-electron chi connectivity index (χ1n) is 12.0. The number of carbonyl (C=O) groups is 1. The highest BCUT2D eigenvalue weighted by molar-refractivity contribution is 7.93. The van der Waals surface area contributed by atoms with E-state index in [4.69, 9.17) is 26.4 Å². The summed E-state index contributed by atoms with van der Waals surface area (Å²) in [5.74, 6) is 0.801. The Kier molecular flexibility index (Phi) is 6.93. The summed E-state index contributed by atoms with van der Waals surface area (Å²) in [6, 6.07) is 4.68. The number of nitrogens with zero attached hydrogens (tertiary/aromatic N) is 2. The fraction of sp³-hybridized carbons (Fsp3) is 0.296. The molecule has 10 nitrogen and oxygen atoms in total. The minimum Gasteiger partial charge on any atom is -0.476 e. The summed E-state index contributed by atoms with van der Waals surface area (Å²) in [7, 11) is -4.47. The van der Waals surface area contributed by atoms with Crippen molar-refractivity contribution >= 4 is 26.8 Å². The highest BCUT2D eigenvalue weighted by atomic mass is 32.2. The Balaban J connectivity index is 1.53. The average Bonchev–Trinajstić information content (AvgIpc) is 3.40. The summed E-state index contributed by atoms with van der Waals surface area (Å²) in [4.78, 5) is 21.5. The molecular weight excluding hydrogens is 508 g/mol. The molecule has 1 aliphatic heterocycles. The third-order valence-corrected chi connectivity index (χ3v) is 8.80. The van der Waals surface area contributed by atoms with Crippen LogP contribution in [-0.4, -0.2) is 54.0 Å². The van der Waals surface area contributed by atoms with Gasteiger partial charge in [-0.15, -0.1) is 6.42 Å². The van der Waals surface area contributed by atoms with Gasteiger partial charge in [-0.3, -0.25) is 4.79 Å².